The average Bonchev–Trinajstić information content (AvgIpc) is 2.39. The summed E-state index contributed by atoms with van der Waals surface area (Å²) in [5.41, 5.74) is 3.85. The summed E-state index contributed by atoms with van der Waals surface area (Å²) in [5.74, 6) is 0. The molecule has 0 radical (unpaired) electrons. The summed E-state index contributed by atoms with van der Waals surface area (Å²) in [4.78, 5) is 4.35. The number of pyridine rings is 1. The van der Waals surface area contributed by atoms with Gasteiger partial charge in [-0.1, -0.05) is 25.1 Å². The van der Waals surface area contributed by atoms with Gasteiger partial charge in [0.2, 0.25) is 0 Å². The first kappa shape index (κ1) is 10.4. The average molecular weight is 208 g/mol. The van der Waals surface area contributed by atoms with Crippen molar-refractivity contribution in [2.75, 3.05) is 0 Å². The van der Waals surface area contributed by atoms with Crippen LogP contribution in [-0.4, -0.2) is 4.98 Å². The molecule has 16 heavy (non-hydrogen) atoms. The number of hydrogen-bond acceptors (Lipinski definition) is 2. The van der Waals surface area contributed by atoms with Crippen molar-refractivity contribution in [2.24, 2.45) is 0 Å². The number of aromatic nitrogens is 1. The van der Waals surface area contributed by atoms with E-state index in [0.29, 0.717) is 5.56 Å². The molecule has 0 unspecified atom stereocenters. The first-order valence-electron chi connectivity index (χ1n) is 5.29. The fourth-order valence-corrected chi connectivity index (χ4v) is 1.57. The van der Waals surface area contributed by atoms with Gasteiger partial charge in [-0.2, -0.15) is 5.26 Å². The molecule has 0 fully saturated rings. The van der Waals surface area contributed by atoms with Gasteiger partial charge in [-0.25, -0.2) is 0 Å². The van der Waals surface area contributed by atoms with Crippen LogP contribution in [0.2, 0.25) is 0 Å². The molecule has 1 aromatic carbocycles. The highest BCUT2D eigenvalue weighted by Gasteiger charge is 1.99. The number of benzene rings is 1. The SMILES string of the molecule is CCc1ccc(-c2cccc(C#N)c2)cn1. The van der Waals surface area contributed by atoms with Crippen LogP contribution < -0.4 is 0 Å². The fourth-order valence-electron chi connectivity index (χ4n) is 1.57. The van der Waals surface area contributed by atoms with E-state index in [9.17, 15) is 0 Å². The number of hydrogen-bond donors (Lipinski definition) is 0. The Hall–Kier alpha value is -2.14. The molecule has 0 atom stereocenters. The predicted molar refractivity (Wildman–Crippen MR) is 63.8 cm³/mol. The summed E-state index contributed by atoms with van der Waals surface area (Å²) in [5, 5.41) is 8.83. The molecule has 0 spiro atoms. The van der Waals surface area contributed by atoms with Gasteiger partial charge >= 0.3 is 0 Å². The van der Waals surface area contributed by atoms with Gasteiger partial charge < -0.3 is 0 Å². The van der Waals surface area contributed by atoms with Crippen molar-refractivity contribution in [3.8, 4) is 17.2 Å². The third-order valence-corrected chi connectivity index (χ3v) is 2.51. The molecule has 2 heteroatoms. The molecule has 0 saturated carbocycles. The van der Waals surface area contributed by atoms with E-state index in [1.807, 2.05) is 36.5 Å². The predicted octanol–water partition coefficient (Wildman–Crippen LogP) is 3.18. The summed E-state index contributed by atoms with van der Waals surface area (Å²) in [6.45, 7) is 2.08. The zero-order valence-electron chi connectivity index (χ0n) is 9.14. The van der Waals surface area contributed by atoms with Crippen LogP contribution in [0.3, 0.4) is 0 Å². The normalized spacial score (nSPS) is 9.75. The standard InChI is InChI=1S/C14H12N2/c1-2-14-7-6-13(10-16-14)12-5-3-4-11(8-12)9-15/h3-8,10H,2H2,1H3. The van der Waals surface area contributed by atoms with Gasteiger partial charge in [-0.05, 0) is 30.2 Å². The van der Waals surface area contributed by atoms with Crippen LogP contribution in [0.1, 0.15) is 18.2 Å². The van der Waals surface area contributed by atoms with E-state index in [2.05, 4.69) is 18.0 Å². The highest BCUT2D eigenvalue weighted by molar-refractivity contribution is 5.64. The van der Waals surface area contributed by atoms with Crippen LogP contribution in [0.15, 0.2) is 42.6 Å². The van der Waals surface area contributed by atoms with E-state index in [4.69, 9.17) is 5.26 Å². The number of nitriles is 1. The van der Waals surface area contributed by atoms with Gasteiger partial charge in [-0.3, -0.25) is 4.98 Å². The van der Waals surface area contributed by atoms with Crippen molar-refractivity contribution in [2.45, 2.75) is 13.3 Å². The Bertz CT molecular complexity index is 521. The summed E-state index contributed by atoms with van der Waals surface area (Å²) in [7, 11) is 0. The molecule has 2 nitrogen and oxygen atoms in total. The molecule has 1 aromatic heterocycles. The first-order valence-corrected chi connectivity index (χ1v) is 5.29. The molecule has 1 heterocycles. The minimum atomic E-state index is 0.678. The van der Waals surface area contributed by atoms with Crippen LogP contribution in [0.25, 0.3) is 11.1 Å². The van der Waals surface area contributed by atoms with E-state index < -0.39 is 0 Å². The second kappa shape index (κ2) is 4.59. The second-order valence-electron chi connectivity index (χ2n) is 3.58. The zero-order chi connectivity index (χ0) is 11.4. The molecule has 0 saturated heterocycles. The monoisotopic (exact) mass is 208 g/mol. The van der Waals surface area contributed by atoms with Crippen molar-refractivity contribution >= 4 is 0 Å². The number of aryl methyl sites for hydroxylation is 1. The lowest BCUT2D eigenvalue weighted by Crippen LogP contribution is -1.87. The van der Waals surface area contributed by atoms with Crippen molar-refractivity contribution in [3.63, 3.8) is 0 Å². The van der Waals surface area contributed by atoms with Gasteiger partial charge in [0.25, 0.3) is 0 Å². The number of rotatable bonds is 2. The second-order valence-corrected chi connectivity index (χ2v) is 3.58. The number of nitrogens with zero attached hydrogens (tertiary/aromatic N) is 2. The molecule has 2 aromatic rings. The Balaban J connectivity index is 2.39. The smallest absolute Gasteiger partial charge is 0.0991 e. The Morgan fingerprint density at radius 1 is 1.19 bits per heavy atom. The Morgan fingerprint density at radius 3 is 2.69 bits per heavy atom. The molecule has 2 rings (SSSR count). The summed E-state index contributed by atoms with van der Waals surface area (Å²) >= 11 is 0. The molecule has 0 bridgehead atoms. The van der Waals surface area contributed by atoms with Gasteiger partial charge in [0.05, 0.1) is 11.6 Å². The van der Waals surface area contributed by atoms with Crippen molar-refractivity contribution < 1.29 is 0 Å². The maximum Gasteiger partial charge on any atom is 0.0991 e. The van der Waals surface area contributed by atoms with E-state index in [1.165, 1.54) is 0 Å². The van der Waals surface area contributed by atoms with Crippen LogP contribution in [0.5, 0.6) is 0 Å². The Morgan fingerprint density at radius 2 is 2.06 bits per heavy atom. The molecule has 0 aliphatic carbocycles. The fraction of sp³-hybridized carbons (Fsp3) is 0.143. The summed E-state index contributed by atoms with van der Waals surface area (Å²) in [6.07, 6.45) is 2.80. The van der Waals surface area contributed by atoms with Gasteiger partial charge in [0.15, 0.2) is 0 Å². The Labute approximate surface area is 95.2 Å². The maximum atomic E-state index is 8.83. The van der Waals surface area contributed by atoms with Gasteiger partial charge in [0.1, 0.15) is 0 Å². The molecule has 0 aliphatic heterocycles. The van der Waals surface area contributed by atoms with Crippen LogP contribution in [0, 0.1) is 11.3 Å². The Kier molecular flexibility index (Phi) is 2.98. The lowest BCUT2D eigenvalue weighted by molar-refractivity contribution is 1.04. The van der Waals surface area contributed by atoms with E-state index in [1.54, 1.807) is 6.07 Å². The van der Waals surface area contributed by atoms with Gasteiger partial charge in [0, 0.05) is 17.5 Å². The zero-order valence-corrected chi connectivity index (χ0v) is 9.14. The summed E-state index contributed by atoms with van der Waals surface area (Å²) in [6, 6.07) is 13.8. The molecule has 0 aliphatic rings. The van der Waals surface area contributed by atoms with E-state index in [-0.39, 0.29) is 0 Å². The molecule has 0 N–H and O–H groups in total. The van der Waals surface area contributed by atoms with Crippen molar-refractivity contribution in [3.05, 3.63) is 53.9 Å². The molecular weight excluding hydrogens is 196 g/mol. The minimum Gasteiger partial charge on any atom is -0.261 e. The van der Waals surface area contributed by atoms with Gasteiger partial charge in [-0.15, -0.1) is 0 Å². The van der Waals surface area contributed by atoms with Crippen LogP contribution >= 0.6 is 0 Å². The lowest BCUT2D eigenvalue weighted by atomic mass is 10.0. The minimum absolute atomic E-state index is 0.678. The largest absolute Gasteiger partial charge is 0.261 e. The molecule has 0 amide bonds. The van der Waals surface area contributed by atoms with Crippen LogP contribution in [0.4, 0.5) is 0 Å². The third-order valence-electron chi connectivity index (χ3n) is 2.51. The third kappa shape index (κ3) is 2.09. The van der Waals surface area contributed by atoms with Crippen LogP contribution in [-0.2, 0) is 6.42 Å². The highest BCUT2D eigenvalue weighted by Crippen LogP contribution is 2.19. The first-order chi connectivity index (χ1) is 7.83. The van der Waals surface area contributed by atoms with E-state index >= 15 is 0 Å². The summed E-state index contributed by atoms with van der Waals surface area (Å²) < 4.78 is 0. The lowest BCUT2D eigenvalue weighted by Gasteiger charge is -2.02. The highest BCUT2D eigenvalue weighted by atomic mass is 14.7. The quantitative estimate of drug-likeness (QED) is 0.760. The molecular formula is C14H12N2. The van der Waals surface area contributed by atoms with Crippen molar-refractivity contribution in [1.29, 1.82) is 5.26 Å². The maximum absolute atomic E-state index is 8.83. The van der Waals surface area contributed by atoms with Crippen molar-refractivity contribution in [1.82, 2.24) is 4.98 Å². The topological polar surface area (TPSA) is 36.7 Å². The van der Waals surface area contributed by atoms with E-state index in [0.717, 1.165) is 23.2 Å². The molecule has 78 valence electrons.